The predicted molar refractivity (Wildman–Crippen MR) is 127 cm³/mol. The fraction of sp³-hybridized carbons (Fsp3) is 0.333. The van der Waals surface area contributed by atoms with E-state index in [1.807, 2.05) is 12.1 Å². The lowest BCUT2D eigenvalue weighted by atomic mass is 9.92. The number of nitrogens with zero attached hydrogens (tertiary/aromatic N) is 2. The maximum atomic E-state index is 12.5. The van der Waals surface area contributed by atoms with Gasteiger partial charge in [-0.3, -0.25) is 4.98 Å². The van der Waals surface area contributed by atoms with Crippen LogP contribution in [0.2, 0.25) is 5.02 Å². The summed E-state index contributed by atoms with van der Waals surface area (Å²) >= 11 is 6.43. The number of pyridine rings is 2. The smallest absolute Gasteiger partial charge is 0.406 e. The number of ether oxygens (including phenoxy) is 1. The number of alkyl halides is 3. The van der Waals surface area contributed by atoms with Crippen LogP contribution in [-0.2, 0) is 6.54 Å². The van der Waals surface area contributed by atoms with Gasteiger partial charge in [0.2, 0.25) is 0 Å². The van der Waals surface area contributed by atoms with E-state index in [4.69, 9.17) is 17.3 Å². The standard InChI is InChI=1S/C24H25ClF3N5O/c25-22-14-32-23(33-18-6-4-17(29)5-7-18)10-21(22)16-9-19(13-30-12-16)31-11-15-2-1-3-20(8-15)34-24(26,27)28/h1-3,8-10,12-14,17-18,31H,4-7,11,29H2,(H,32,33). The van der Waals surface area contributed by atoms with Crippen LogP contribution in [0.3, 0.4) is 0 Å². The summed E-state index contributed by atoms with van der Waals surface area (Å²) in [5.41, 5.74) is 8.90. The fourth-order valence-electron chi connectivity index (χ4n) is 3.95. The van der Waals surface area contributed by atoms with E-state index in [2.05, 4.69) is 25.3 Å². The zero-order valence-corrected chi connectivity index (χ0v) is 19.0. The van der Waals surface area contributed by atoms with Gasteiger partial charge < -0.3 is 21.1 Å². The van der Waals surface area contributed by atoms with Crippen molar-refractivity contribution in [1.82, 2.24) is 9.97 Å². The minimum Gasteiger partial charge on any atom is -0.406 e. The SMILES string of the molecule is NC1CCC(Nc2cc(-c3cncc(NCc4cccc(OC(F)(F)F)c4)c3)c(Cl)cn2)CC1. The van der Waals surface area contributed by atoms with Crippen molar-refractivity contribution < 1.29 is 17.9 Å². The van der Waals surface area contributed by atoms with Gasteiger partial charge in [-0.2, -0.15) is 0 Å². The van der Waals surface area contributed by atoms with E-state index in [1.54, 1.807) is 24.7 Å². The topological polar surface area (TPSA) is 85.1 Å². The largest absolute Gasteiger partial charge is 0.573 e. The highest BCUT2D eigenvalue weighted by atomic mass is 35.5. The zero-order valence-electron chi connectivity index (χ0n) is 18.3. The lowest BCUT2D eigenvalue weighted by Crippen LogP contribution is -2.33. The number of anilines is 2. The zero-order chi connectivity index (χ0) is 24.1. The summed E-state index contributed by atoms with van der Waals surface area (Å²) in [5, 5.41) is 7.14. The van der Waals surface area contributed by atoms with E-state index in [1.165, 1.54) is 18.2 Å². The molecule has 1 saturated carbocycles. The van der Waals surface area contributed by atoms with Crippen molar-refractivity contribution in [3.8, 4) is 16.9 Å². The molecule has 0 radical (unpaired) electrons. The molecule has 1 aromatic carbocycles. The van der Waals surface area contributed by atoms with Crippen LogP contribution in [0.15, 0.2) is 55.0 Å². The van der Waals surface area contributed by atoms with Crippen LogP contribution in [0.5, 0.6) is 5.75 Å². The number of halogens is 4. The molecule has 0 atom stereocenters. The van der Waals surface area contributed by atoms with Crippen LogP contribution in [-0.4, -0.2) is 28.4 Å². The summed E-state index contributed by atoms with van der Waals surface area (Å²) in [5.74, 6) is 0.474. The van der Waals surface area contributed by atoms with Crippen LogP contribution in [0.1, 0.15) is 31.2 Å². The van der Waals surface area contributed by atoms with Gasteiger partial charge in [0.15, 0.2) is 0 Å². The van der Waals surface area contributed by atoms with Crippen LogP contribution in [0.4, 0.5) is 24.7 Å². The molecule has 1 aliphatic carbocycles. The van der Waals surface area contributed by atoms with E-state index in [0.29, 0.717) is 28.9 Å². The van der Waals surface area contributed by atoms with Crippen LogP contribution >= 0.6 is 11.6 Å². The number of nitrogens with two attached hydrogens (primary N) is 1. The molecule has 4 N–H and O–H groups in total. The molecular formula is C24H25ClF3N5O. The summed E-state index contributed by atoms with van der Waals surface area (Å²) in [7, 11) is 0. The molecule has 2 aromatic heterocycles. The highest BCUT2D eigenvalue weighted by molar-refractivity contribution is 6.33. The molecule has 34 heavy (non-hydrogen) atoms. The molecule has 4 rings (SSSR count). The molecule has 0 bridgehead atoms. The van der Waals surface area contributed by atoms with Crippen molar-refractivity contribution in [1.29, 1.82) is 0 Å². The van der Waals surface area contributed by atoms with Crippen LogP contribution < -0.4 is 21.1 Å². The third-order valence-electron chi connectivity index (χ3n) is 5.66. The van der Waals surface area contributed by atoms with Crippen molar-refractivity contribution in [2.75, 3.05) is 10.6 Å². The first-order chi connectivity index (χ1) is 16.2. The lowest BCUT2D eigenvalue weighted by molar-refractivity contribution is -0.274. The maximum Gasteiger partial charge on any atom is 0.573 e. The molecule has 6 nitrogen and oxygen atoms in total. The van der Waals surface area contributed by atoms with E-state index >= 15 is 0 Å². The number of benzene rings is 1. The Hall–Kier alpha value is -3.04. The van der Waals surface area contributed by atoms with Crippen LogP contribution in [0, 0.1) is 0 Å². The van der Waals surface area contributed by atoms with Gasteiger partial charge in [0, 0.05) is 48.3 Å². The Bertz CT molecular complexity index is 1120. The quantitative estimate of drug-likeness (QED) is 0.376. The molecular weight excluding hydrogens is 467 g/mol. The number of hydrogen-bond acceptors (Lipinski definition) is 6. The Morgan fingerprint density at radius 3 is 2.62 bits per heavy atom. The molecule has 10 heteroatoms. The average Bonchev–Trinajstić information content (AvgIpc) is 2.80. The molecule has 0 spiro atoms. The monoisotopic (exact) mass is 491 g/mol. The minimum atomic E-state index is -4.73. The summed E-state index contributed by atoms with van der Waals surface area (Å²) in [6, 6.07) is 10.2. The minimum absolute atomic E-state index is 0.262. The van der Waals surface area contributed by atoms with Crippen LogP contribution in [0.25, 0.3) is 11.1 Å². The highest BCUT2D eigenvalue weighted by Gasteiger charge is 2.31. The number of rotatable bonds is 7. The van der Waals surface area contributed by atoms with Gasteiger partial charge in [0.25, 0.3) is 0 Å². The molecule has 0 saturated heterocycles. The Balaban J connectivity index is 1.45. The third-order valence-corrected chi connectivity index (χ3v) is 5.96. The van der Waals surface area contributed by atoms with Gasteiger partial charge in [0.05, 0.1) is 10.7 Å². The molecule has 0 amide bonds. The lowest BCUT2D eigenvalue weighted by Gasteiger charge is -2.27. The second-order valence-electron chi connectivity index (χ2n) is 8.32. The van der Waals surface area contributed by atoms with Crippen molar-refractivity contribution >= 4 is 23.1 Å². The maximum absolute atomic E-state index is 12.5. The Morgan fingerprint density at radius 1 is 1.06 bits per heavy atom. The number of hydrogen-bond donors (Lipinski definition) is 3. The van der Waals surface area contributed by atoms with Crippen molar-refractivity contribution in [2.24, 2.45) is 5.73 Å². The van der Waals surface area contributed by atoms with E-state index in [9.17, 15) is 13.2 Å². The Morgan fingerprint density at radius 2 is 1.85 bits per heavy atom. The number of nitrogens with one attached hydrogen (secondary N) is 2. The van der Waals surface area contributed by atoms with E-state index in [-0.39, 0.29) is 11.8 Å². The highest BCUT2D eigenvalue weighted by Crippen LogP contribution is 2.31. The van der Waals surface area contributed by atoms with Gasteiger partial charge in [-0.05, 0) is 55.5 Å². The van der Waals surface area contributed by atoms with Crippen molar-refractivity contribution in [2.45, 2.75) is 50.7 Å². The van der Waals surface area contributed by atoms with Gasteiger partial charge in [-0.25, -0.2) is 4.98 Å². The molecule has 180 valence electrons. The van der Waals surface area contributed by atoms with Gasteiger partial charge >= 0.3 is 6.36 Å². The Labute approximate surface area is 200 Å². The molecule has 0 aliphatic heterocycles. The summed E-state index contributed by atoms with van der Waals surface area (Å²) in [4.78, 5) is 8.69. The second kappa shape index (κ2) is 10.5. The molecule has 1 fully saturated rings. The Kier molecular flexibility index (Phi) is 7.43. The van der Waals surface area contributed by atoms with Crippen molar-refractivity contribution in [3.63, 3.8) is 0 Å². The summed E-state index contributed by atoms with van der Waals surface area (Å²) in [6.45, 7) is 0.293. The summed E-state index contributed by atoms with van der Waals surface area (Å²) < 4.78 is 41.4. The molecule has 2 heterocycles. The first-order valence-corrected chi connectivity index (χ1v) is 11.3. The van der Waals surface area contributed by atoms with Gasteiger partial charge in [-0.15, -0.1) is 13.2 Å². The van der Waals surface area contributed by atoms with Gasteiger partial charge in [0.1, 0.15) is 11.6 Å². The predicted octanol–water partition coefficient (Wildman–Crippen LogP) is 5.99. The first kappa shape index (κ1) is 24.1. The average molecular weight is 492 g/mol. The molecule has 1 aliphatic rings. The third kappa shape index (κ3) is 6.74. The van der Waals surface area contributed by atoms with Gasteiger partial charge in [-0.1, -0.05) is 23.7 Å². The number of aromatic nitrogens is 2. The fourth-order valence-corrected chi connectivity index (χ4v) is 4.16. The van der Waals surface area contributed by atoms with E-state index < -0.39 is 6.36 Å². The normalized spacial score (nSPS) is 18.4. The second-order valence-corrected chi connectivity index (χ2v) is 8.72. The summed E-state index contributed by atoms with van der Waals surface area (Å²) in [6.07, 6.45) is 4.19. The van der Waals surface area contributed by atoms with Crippen molar-refractivity contribution in [3.05, 3.63) is 65.6 Å². The van der Waals surface area contributed by atoms with E-state index in [0.717, 1.165) is 42.6 Å². The molecule has 0 unspecified atom stereocenters. The first-order valence-electron chi connectivity index (χ1n) is 11.0. The molecule has 3 aromatic rings.